The van der Waals surface area contributed by atoms with Gasteiger partial charge in [-0.15, -0.1) is 4.72 Å². The van der Waals surface area contributed by atoms with Gasteiger partial charge in [-0.3, -0.25) is 9.59 Å². The maximum absolute atomic E-state index is 14.4. The summed E-state index contributed by atoms with van der Waals surface area (Å²) in [5.41, 5.74) is 0.0221. The van der Waals surface area contributed by atoms with E-state index in [0.717, 1.165) is 18.9 Å². The third-order valence-electron chi connectivity index (χ3n) is 6.46. The van der Waals surface area contributed by atoms with Crippen molar-refractivity contribution in [1.82, 2.24) is 14.9 Å². The number of hydrogen-bond donors (Lipinski definition) is 2. The van der Waals surface area contributed by atoms with E-state index in [1.165, 1.54) is 6.92 Å². The third-order valence-corrected chi connectivity index (χ3v) is 8.09. The van der Waals surface area contributed by atoms with Gasteiger partial charge in [-0.2, -0.15) is 0 Å². The van der Waals surface area contributed by atoms with Gasteiger partial charge in [0.1, 0.15) is 10.6 Å². The smallest absolute Gasteiger partial charge is 0.242 e. The number of rotatable bonds is 7. The van der Waals surface area contributed by atoms with Gasteiger partial charge in [0.2, 0.25) is 11.8 Å². The Morgan fingerprint density at radius 1 is 1.12 bits per heavy atom. The molecule has 0 saturated carbocycles. The molecule has 1 aromatic carbocycles. The van der Waals surface area contributed by atoms with Crippen LogP contribution in [0.1, 0.15) is 58.9 Å². The first-order chi connectivity index (χ1) is 15.4. The van der Waals surface area contributed by atoms with Crippen molar-refractivity contribution < 1.29 is 27.3 Å². The zero-order chi connectivity index (χ0) is 24.5. The second-order valence-electron chi connectivity index (χ2n) is 9.99. The Labute approximate surface area is 196 Å². The van der Waals surface area contributed by atoms with E-state index in [1.807, 2.05) is 25.7 Å². The summed E-state index contributed by atoms with van der Waals surface area (Å²) in [6.45, 7) is 6.76. The minimum absolute atomic E-state index is 0.0221. The molecule has 2 fully saturated rings. The monoisotopic (exact) mass is 487 g/mol. The molecule has 10 heteroatoms. The second-order valence-corrected chi connectivity index (χ2v) is 12.0. The minimum atomic E-state index is -1.46. The Bertz CT molecular complexity index is 882. The van der Waals surface area contributed by atoms with Gasteiger partial charge in [-0.05, 0) is 70.4 Å². The van der Waals surface area contributed by atoms with Crippen LogP contribution in [0.2, 0.25) is 0 Å². The number of piperidine rings is 1. The highest BCUT2D eigenvalue weighted by atomic mass is 32.2. The van der Waals surface area contributed by atoms with E-state index >= 15 is 0 Å². The quantitative estimate of drug-likeness (QED) is 0.458. The molecular weight excluding hydrogens is 455 g/mol. The second kappa shape index (κ2) is 10.2. The van der Waals surface area contributed by atoms with Crippen molar-refractivity contribution >= 4 is 23.2 Å². The van der Waals surface area contributed by atoms with E-state index in [0.29, 0.717) is 18.9 Å². The number of carbonyl (C=O) groups is 2. The molecule has 3 rings (SSSR count). The fraction of sp³-hybridized carbons (Fsp3) is 0.652. The van der Waals surface area contributed by atoms with Crippen molar-refractivity contribution in [3.8, 4) is 0 Å². The number of nitrogens with one attached hydrogen (secondary N) is 2. The van der Waals surface area contributed by atoms with Gasteiger partial charge in [-0.1, -0.05) is 0 Å². The van der Waals surface area contributed by atoms with Crippen LogP contribution in [0.5, 0.6) is 0 Å². The number of benzene rings is 1. The Hall–Kier alpha value is -1.78. The minimum Gasteiger partial charge on any atom is -0.598 e. The molecule has 2 aliphatic heterocycles. The van der Waals surface area contributed by atoms with E-state index in [9.17, 15) is 27.3 Å². The number of hydrogen-bond acceptors (Lipinski definition) is 4. The molecule has 1 aromatic rings. The zero-order valence-corrected chi connectivity index (χ0v) is 20.2. The Morgan fingerprint density at radius 2 is 1.70 bits per heavy atom. The number of amides is 2. The largest absolute Gasteiger partial charge is 0.598 e. The summed E-state index contributed by atoms with van der Waals surface area (Å²) in [4.78, 5) is 25.7. The van der Waals surface area contributed by atoms with Crippen molar-refractivity contribution in [2.45, 2.75) is 82.7 Å². The molecule has 2 heterocycles. The van der Waals surface area contributed by atoms with Crippen LogP contribution in [0.4, 0.5) is 13.2 Å². The highest BCUT2D eigenvalue weighted by Gasteiger charge is 2.46. The molecule has 184 valence electrons. The Kier molecular flexibility index (Phi) is 8.01. The first-order valence-corrected chi connectivity index (χ1v) is 12.4. The number of nitrogens with zero attached hydrogens (tertiary/aromatic N) is 1. The van der Waals surface area contributed by atoms with Crippen molar-refractivity contribution in [3.63, 3.8) is 0 Å². The average molecular weight is 488 g/mol. The first kappa shape index (κ1) is 25.8. The summed E-state index contributed by atoms with van der Waals surface area (Å²) in [5, 5.41) is 2.55. The van der Waals surface area contributed by atoms with Crippen LogP contribution in [-0.4, -0.2) is 50.7 Å². The molecule has 0 aromatic heterocycles. The van der Waals surface area contributed by atoms with Gasteiger partial charge >= 0.3 is 0 Å². The van der Waals surface area contributed by atoms with Crippen LogP contribution in [-0.2, 0) is 27.4 Å². The lowest BCUT2D eigenvalue weighted by atomic mass is 9.82. The summed E-state index contributed by atoms with van der Waals surface area (Å²) in [6, 6.07) is 0.893. The molecule has 0 spiro atoms. The average Bonchev–Trinajstić information content (AvgIpc) is 2.98. The lowest BCUT2D eigenvalue weighted by Gasteiger charge is -2.42. The highest BCUT2D eigenvalue weighted by molar-refractivity contribution is 7.90. The van der Waals surface area contributed by atoms with Crippen molar-refractivity contribution in [3.05, 3.63) is 35.1 Å². The fourth-order valence-corrected chi connectivity index (χ4v) is 5.73. The molecular formula is C23H32F3N3O3S. The van der Waals surface area contributed by atoms with Crippen molar-refractivity contribution in [1.29, 1.82) is 0 Å². The molecule has 2 aliphatic rings. The van der Waals surface area contributed by atoms with E-state index in [4.69, 9.17) is 0 Å². The summed E-state index contributed by atoms with van der Waals surface area (Å²) in [6.07, 6.45) is 2.93. The normalized spacial score (nSPS) is 24.5. The zero-order valence-electron chi connectivity index (χ0n) is 19.4. The lowest BCUT2D eigenvalue weighted by Crippen LogP contribution is -2.55. The standard InChI is InChI=1S/C23H32F3N3O3S/c1-13(30)27-12-22(31)29-16-5-6-17(29)8-15(7-16)21(28-33(32)23(2,3)4)10-14-9-19(25)20(26)11-18(14)24/h9,11,15-17,21,28H,5-8,10,12H2,1-4H3,(H,27,30)/t15-,16-,17+,21-,33-/m0/s1. The molecule has 2 saturated heterocycles. The highest BCUT2D eigenvalue weighted by Crippen LogP contribution is 2.41. The first-order valence-electron chi connectivity index (χ1n) is 11.2. The summed E-state index contributed by atoms with van der Waals surface area (Å²) in [7, 11) is 0. The van der Waals surface area contributed by atoms with Crippen molar-refractivity contribution in [2.24, 2.45) is 5.92 Å². The Morgan fingerprint density at radius 3 is 2.24 bits per heavy atom. The van der Waals surface area contributed by atoms with Gasteiger partial charge in [-0.25, -0.2) is 13.2 Å². The van der Waals surface area contributed by atoms with Gasteiger partial charge in [0, 0.05) is 36.4 Å². The maximum atomic E-state index is 14.4. The van der Waals surface area contributed by atoms with Gasteiger partial charge in [0.15, 0.2) is 11.6 Å². The number of fused-ring (bicyclic) bond motifs is 2. The van der Waals surface area contributed by atoms with Gasteiger partial charge in [0.25, 0.3) is 0 Å². The molecule has 0 unspecified atom stereocenters. The van der Waals surface area contributed by atoms with Crippen LogP contribution in [0.3, 0.4) is 0 Å². The van der Waals surface area contributed by atoms with Crippen LogP contribution < -0.4 is 10.0 Å². The molecule has 2 N–H and O–H groups in total. The van der Waals surface area contributed by atoms with E-state index in [2.05, 4.69) is 10.0 Å². The summed E-state index contributed by atoms with van der Waals surface area (Å²) < 4.78 is 57.1. The molecule has 2 amide bonds. The summed E-state index contributed by atoms with van der Waals surface area (Å²) in [5.74, 6) is -3.65. The number of halogens is 3. The van der Waals surface area contributed by atoms with Gasteiger partial charge < -0.3 is 14.8 Å². The number of carbonyl (C=O) groups excluding carboxylic acids is 2. The van der Waals surface area contributed by atoms with Gasteiger partial charge in [0.05, 0.1) is 12.6 Å². The molecule has 33 heavy (non-hydrogen) atoms. The molecule has 0 radical (unpaired) electrons. The van der Waals surface area contributed by atoms with Crippen LogP contribution in [0, 0.1) is 23.4 Å². The molecule has 5 atom stereocenters. The van der Waals surface area contributed by atoms with Crippen LogP contribution in [0.15, 0.2) is 12.1 Å². The maximum Gasteiger partial charge on any atom is 0.242 e. The lowest BCUT2D eigenvalue weighted by molar-refractivity contribution is -0.137. The van der Waals surface area contributed by atoms with E-state index in [-0.39, 0.29) is 48.3 Å². The molecule has 6 nitrogen and oxygen atoms in total. The molecule has 0 aliphatic carbocycles. The molecule has 2 bridgehead atoms. The fourth-order valence-electron chi connectivity index (χ4n) is 4.82. The Balaban J connectivity index is 1.80. The third kappa shape index (κ3) is 6.22. The van der Waals surface area contributed by atoms with E-state index < -0.39 is 39.6 Å². The van der Waals surface area contributed by atoms with Crippen molar-refractivity contribution in [2.75, 3.05) is 6.54 Å². The summed E-state index contributed by atoms with van der Waals surface area (Å²) >= 11 is -1.46. The van der Waals surface area contributed by atoms with E-state index in [1.54, 1.807) is 0 Å². The topological polar surface area (TPSA) is 84.5 Å². The predicted molar refractivity (Wildman–Crippen MR) is 120 cm³/mol. The van der Waals surface area contributed by atoms with Crippen LogP contribution in [0.25, 0.3) is 0 Å². The van der Waals surface area contributed by atoms with Crippen LogP contribution >= 0.6 is 0 Å². The predicted octanol–water partition coefficient (Wildman–Crippen LogP) is 2.97. The SMILES string of the molecule is CC(=O)NCC(=O)N1[C@@H]2CC[C@H]1C[C@H]([C@H](Cc1cc(F)c(F)cc1F)N[S@@+]([O-])C(C)(C)C)C2.